The molecule has 0 aliphatic heterocycles. The van der Waals surface area contributed by atoms with E-state index in [0.717, 1.165) is 0 Å². The summed E-state index contributed by atoms with van der Waals surface area (Å²) in [5.41, 5.74) is 7.67. The molecule has 2 aromatic rings. The van der Waals surface area contributed by atoms with Crippen molar-refractivity contribution in [2.75, 3.05) is 0 Å². The van der Waals surface area contributed by atoms with Gasteiger partial charge in [0.25, 0.3) is 5.91 Å². The van der Waals surface area contributed by atoms with Gasteiger partial charge in [0.05, 0.1) is 11.3 Å². The number of benzene rings is 1. The molecular weight excluding hydrogens is 277 g/mol. The van der Waals surface area contributed by atoms with Crippen LogP contribution in [0.25, 0.3) is 0 Å². The minimum atomic E-state index is -0.545. The zero-order chi connectivity index (χ0) is 14.7. The molecule has 6 heteroatoms. The number of nitrogens with zero attached hydrogens (tertiary/aromatic N) is 2. The zero-order valence-electron chi connectivity index (χ0n) is 11.2. The quantitative estimate of drug-likeness (QED) is 0.879. The highest BCUT2D eigenvalue weighted by molar-refractivity contribution is 7.98. The Kier molecular flexibility index (Phi) is 4.34. The van der Waals surface area contributed by atoms with Crippen molar-refractivity contribution in [3.8, 4) is 0 Å². The molecule has 0 fully saturated rings. The number of hydrogen-bond donors (Lipinski definition) is 1. The first-order chi connectivity index (χ1) is 9.50. The lowest BCUT2D eigenvalue weighted by Crippen LogP contribution is -2.16. The Morgan fingerprint density at radius 1 is 1.30 bits per heavy atom. The van der Waals surface area contributed by atoms with Crippen LogP contribution >= 0.6 is 11.8 Å². The van der Waals surface area contributed by atoms with Crippen LogP contribution in [0.15, 0.2) is 29.3 Å². The smallest absolute Gasteiger partial charge is 0.251 e. The predicted octanol–water partition coefficient (Wildman–Crippen LogP) is 2.62. The van der Waals surface area contributed by atoms with Gasteiger partial charge in [0.1, 0.15) is 10.8 Å². The van der Waals surface area contributed by atoms with Crippen molar-refractivity contribution in [1.82, 2.24) is 10.2 Å². The number of thioether (sulfide) groups is 1. The van der Waals surface area contributed by atoms with Gasteiger partial charge in [0.2, 0.25) is 0 Å². The van der Waals surface area contributed by atoms with Crippen LogP contribution in [-0.4, -0.2) is 16.1 Å². The maximum Gasteiger partial charge on any atom is 0.251 e. The van der Waals surface area contributed by atoms with E-state index in [4.69, 9.17) is 5.73 Å². The van der Waals surface area contributed by atoms with Gasteiger partial charge in [-0.15, -0.1) is 5.10 Å². The fourth-order valence-electron chi connectivity index (χ4n) is 1.74. The van der Waals surface area contributed by atoms with Crippen LogP contribution in [0.4, 0.5) is 4.39 Å². The van der Waals surface area contributed by atoms with Gasteiger partial charge in [0, 0.05) is 5.75 Å². The third kappa shape index (κ3) is 2.96. The van der Waals surface area contributed by atoms with Crippen molar-refractivity contribution in [2.24, 2.45) is 5.73 Å². The lowest BCUT2D eigenvalue weighted by atomic mass is 10.1. The van der Waals surface area contributed by atoms with Crippen molar-refractivity contribution in [1.29, 1.82) is 0 Å². The molecule has 2 rings (SSSR count). The lowest BCUT2D eigenvalue weighted by molar-refractivity contribution is 0.0995. The van der Waals surface area contributed by atoms with Crippen LogP contribution in [0.2, 0.25) is 0 Å². The molecule has 2 N–H and O–H groups in total. The topological polar surface area (TPSA) is 68.9 Å². The highest BCUT2D eigenvalue weighted by Crippen LogP contribution is 2.27. The summed E-state index contributed by atoms with van der Waals surface area (Å²) >= 11 is 1.25. The lowest BCUT2D eigenvalue weighted by Gasteiger charge is -2.09. The Hall–Kier alpha value is -1.95. The van der Waals surface area contributed by atoms with E-state index in [1.807, 2.05) is 0 Å². The second-order valence-electron chi connectivity index (χ2n) is 4.33. The van der Waals surface area contributed by atoms with Crippen molar-refractivity contribution in [3.63, 3.8) is 0 Å². The maximum atomic E-state index is 13.6. The van der Waals surface area contributed by atoms with Crippen LogP contribution < -0.4 is 5.73 Å². The molecule has 1 aromatic heterocycles. The number of nitrogens with two attached hydrogens (primary N) is 1. The molecule has 0 aliphatic rings. The molecule has 1 heterocycles. The predicted molar refractivity (Wildman–Crippen MR) is 76.0 cm³/mol. The first-order valence-electron chi connectivity index (χ1n) is 6.00. The van der Waals surface area contributed by atoms with Crippen molar-refractivity contribution in [3.05, 3.63) is 52.5 Å². The zero-order valence-corrected chi connectivity index (χ0v) is 12.0. The number of carbonyl (C=O) groups excluding carboxylic acids is 1. The third-order valence-electron chi connectivity index (χ3n) is 2.99. The summed E-state index contributed by atoms with van der Waals surface area (Å²) in [7, 11) is 0. The highest BCUT2D eigenvalue weighted by Gasteiger charge is 2.16. The minimum absolute atomic E-state index is 0.280. The molecule has 20 heavy (non-hydrogen) atoms. The summed E-state index contributed by atoms with van der Waals surface area (Å²) < 4.78 is 13.6. The summed E-state index contributed by atoms with van der Waals surface area (Å²) in [6, 6.07) is 6.49. The van der Waals surface area contributed by atoms with E-state index in [1.54, 1.807) is 32.0 Å². The van der Waals surface area contributed by atoms with Crippen LogP contribution in [-0.2, 0) is 5.75 Å². The van der Waals surface area contributed by atoms with Crippen LogP contribution in [0, 0.1) is 19.7 Å². The van der Waals surface area contributed by atoms with E-state index < -0.39 is 5.91 Å². The van der Waals surface area contributed by atoms with Gasteiger partial charge < -0.3 is 5.73 Å². The first kappa shape index (κ1) is 14.5. The molecule has 0 bridgehead atoms. The maximum absolute atomic E-state index is 13.6. The monoisotopic (exact) mass is 291 g/mol. The number of amides is 1. The van der Waals surface area contributed by atoms with Crippen molar-refractivity contribution < 1.29 is 9.18 Å². The Morgan fingerprint density at radius 3 is 2.65 bits per heavy atom. The van der Waals surface area contributed by atoms with E-state index >= 15 is 0 Å². The summed E-state index contributed by atoms with van der Waals surface area (Å²) in [5, 5.41) is 8.41. The van der Waals surface area contributed by atoms with Crippen LogP contribution in [0.1, 0.15) is 27.2 Å². The normalized spacial score (nSPS) is 10.6. The van der Waals surface area contributed by atoms with Gasteiger partial charge in [0.15, 0.2) is 0 Å². The number of rotatable bonds is 4. The highest BCUT2D eigenvalue weighted by atomic mass is 32.2. The van der Waals surface area contributed by atoms with Crippen molar-refractivity contribution in [2.45, 2.75) is 24.6 Å². The Labute approximate surface area is 120 Å². The van der Waals surface area contributed by atoms with Crippen LogP contribution in [0.5, 0.6) is 0 Å². The molecule has 0 spiro atoms. The fourth-order valence-corrected chi connectivity index (χ4v) is 2.76. The van der Waals surface area contributed by atoms with Crippen LogP contribution in [0.3, 0.4) is 0 Å². The van der Waals surface area contributed by atoms with Crippen molar-refractivity contribution >= 4 is 17.7 Å². The summed E-state index contributed by atoms with van der Waals surface area (Å²) in [6.07, 6.45) is 0. The minimum Gasteiger partial charge on any atom is -0.366 e. The Balaban J connectivity index is 2.29. The second-order valence-corrected chi connectivity index (χ2v) is 5.30. The number of primary amides is 1. The molecule has 0 saturated heterocycles. The van der Waals surface area contributed by atoms with Gasteiger partial charge in [-0.3, -0.25) is 4.79 Å². The number of aryl methyl sites for hydroxylation is 1. The van der Waals surface area contributed by atoms with E-state index in [2.05, 4.69) is 10.2 Å². The van der Waals surface area contributed by atoms with Gasteiger partial charge in [-0.2, -0.15) is 5.10 Å². The average molecular weight is 291 g/mol. The Morgan fingerprint density at radius 2 is 2.00 bits per heavy atom. The van der Waals surface area contributed by atoms with E-state index in [-0.39, 0.29) is 5.82 Å². The van der Waals surface area contributed by atoms with Gasteiger partial charge in [-0.1, -0.05) is 30.0 Å². The summed E-state index contributed by atoms with van der Waals surface area (Å²) in [5.74, 6) is -0.460. The number of carbonyl (C=O) groups is 1. The third-order valence-corrected chi connectivity index (χ3v) is 4.01. The molecule has 104 valence electrons. The molecule has 1 amide bonds. The van der Waals surface area contributed by atoms with E-state index in [0.29, 0.717) is 33.2 Å². The largest absolute Gasteiger partial charge is 0.366 e. The molecule has 1 aromatic carbocycles. The second kappa shape index (κ2) is 6.00. The fraction of sp³-hybridized carbons (Fsp3) is 0.214. The SMILES string of the molecule is Cc1nnc(SCc2ccccc2F)c(C(N)=O)c1C. The molecular formula is C14H14FN3OS. The number of halogens is 1. The Bertz CT molecular complexity index is 661. The summed E-state index contributed by atoms with van der Waals surface area (Å²) in [4.78, 5) is 11.5. The molecule has 0 aliphatic carbocycles. The molecule has 0 saturated carbocycles. The molecule has 0 atom stereocenters. The van der Waals surface area contributed by atoms with Gasteiger partial charge in [-0.25, -0.2) is 4.39 Å². The van der Waals surface area contributed by atoms with Gasteiger partial charge >= 0.3 is 0 Å². The first-order valence-corrected chi connectivity index (χ1v) is 6.99. The summed E-state index contributed by atoms with van der Waals surface area (Å²) in [6.45, 7) is 3.54. The molecule has 4 nitrogen and oxygen atoms in total. The molecule has 0 radical (unpaired) electrons. The number of aromatic nitrogens is 2. The van der Waals surface area contributed by atoms with E-state index in [1.165, 1.54) is 17.8 Å². The number of hydrogen-bond acceptors (Lipinski definition) is 4. The average Bonchev–Trinajstić information content (AvgIpc) is 2.41. The standard InChI is InChI=1S/C14H14FN3OS/c1-8-9(2)17-18-14(12(8)13(16)19)20-7-10-5-3-4-6-11(10)15/h3-6H,7H2,1-2H3,(H2,16,19). The van der Waals surface area contributed by atoms with E-state index in [9.17, 15) is 9.18 Å². The van der Waals surface area contributed by atoms with Gasteiger partial charge in [-0.05, 0) is 31.0 Å². The molecule has 0 unspecified atom stereocenters.